The fourth-order valence-corrected chi connectivity index (χ4v) is 6.74. The molecular weight excluding hydrogens is 546 g/mol. The van der Waals surface area contributed by atoms with Crippen molar-refractivity contribution in [3.63, 3.8) is 0 Å². The number of urea groups is 1. The highest BCUT2D eigenvalue weighted by Crippen LogP contribution is 2.47. The summed E-state index contributed by atoms with van der Waals surface area (Å²) < 4.78 is 27.7. The number of nitrogens with zero attached hydrogens (tertiary/aromatic N) is 3. The molecular formula is C34H53N3O6. The SMILES string of the molecule is C=C/C(=C\C1CN2C(=O)N(CCOC)C3(CCN(Cc4cc(OC)cc(OC)c4)CC3)C2=CC(C)C1COC)OC.CC. The Morgan fingerprint density at radius 2 is 1.67 bits per heavy atom. The summed E-state index contributed by atoms with van der Waals surface area (Å²) in [6.07, 6.45) is 7.87. The summed E-state index contributed by atoms with van der Waals surface area (Å²) in [7, 11) is 8.43. The molecule has 9 heteroatoms. The zero-order valence-corrected chi connectivity index (χ0v) is 27.6. The Hall–Kier alpha value is -3.01. The third-order valence-corrected chi connectivity index (χ3v) is 8.98. The normalized spacial score (nSPS) is 23.6. The van der Waals surface area contributed by atoms with E-state index in [1.165, 1.54) is 0 Å². The highest BCUT2D eigenvalue weighted by atomic mass is 16.5. The second-order valence-corrected chi connectivity index (χ2v) is 11.2. The van der Waals surface area contributed by atoms with E-state index in [1.54, 1.807) is 41.6 Å². The molecule has 3 aliphatic heterocycles. The van der Waals surface area contributed by atoms with Crippen molar-refractivity contribution in [2.24, 2.45) is 17.8 Å². The molecule has 3 heterocycles. The molecule has 0 N–H and O–H groups in total. The lowest BCUT2D eigenvalue weighted by Gasteiger charge is -2.44. The van der Waals surface area contributed by atoms with Crippen LogP contribution in [0.5, 0.6) is 11.5 Å². The van der Waals surface area contributed by atoms with Crippen LogP contribution in [0.4, 0.5) is 4.79 Å². The molecule has 3 unspecified atom stereocenters. The van der Waals surface area contributed by atoms with Gasteiger partial charge in [0, 0.05) is 64.6 Å². The molecule has 2 fully saturated rings. The molecule has 3 atom stereocenters. The monoisotopic (exact) mass is 599 g/mol. The van der Waals surface area contributed by atoms with Crippen LogP contribution in [0.15, 0.2) is 54.5 Å². The van der Waals surface area contributed by atoms with E-state index in [-0.39, 0.29) is 29.3 Å². The molecule has 240 valence electrons. The van der Waals surface area contributed by atoms with Gasteiger partial charge in [-0.05, 0) is 54.5 Å². The summed E-state index contributed by atoms with van der Waals surface area (Å²) in [5.74, 6) is 2.74. The second-order valence-electron chi connectivity index (χ2n) is 11.2. The lowest BCUT2D eigenvalue weighted by molar-refractivity contribution is 0.0659. The van der Waals surface area contributed by atoms with E-state index in [0.29, 0.717) is 32.1 Å². The van der Waals surface area contributed by atoms with Crippen molar-refractivity contribution >= 4 is 6.03 Å². The lowest BCUT2D eigenvalue weighted by Crippen LogP contribution is -2.54. The van der Waals surface area contributed by atoms with Crippen LogP contribution in [0.1, 0.15) is 39.2 Å². The van der Waals surface area contributed by atoms with E-state index in [2.05, 4.69) is 47.6 Å². The van der Waals surface area contributed by atoms with Crippen molar-refractivity contribution in [3.05, 3.63) is 60.0 Å². The average molecular weight is 600 g/mol. The van der Waals surface area contributed by atoms with Gasteiger partial charge in [0.1, 0.15) is 17.3 Å². The molecule has 0 aliphatic carbocycles. The van der Waals surface area contributed by atoms with Gasteiger partial charge >= 0.3 is 6.03 Å². The number of likely N-dealkylation sites (tertiary alicyclic amines) is 1. The maximum atomic E-state index is 14.1. The van der Waals surface area contributed by atoms with E-state index in [0.717, 1.165) is 55.2 Å². The fraction of sp³-hybridized carbons (Fsp3) is 0.618. The molecule has 9 nitrogen and oxygen atoms in total. The van der Waals surface area contributed by atoms with Crippen LogP contribution in [0, 0.1) is 17.8 Å². The highest BCUT2D eigenvalue weighted by molar-refractivity contribution is 5.82. The minimum Gasteiger partial charge on any atom is -0.497 e. The van der Waals surface area contributed by atoms with Gasteiger partial charge in [-0.2, -0.15) is 0 Å². The Morgan fingerprint density at radius 3 is 2.21 bits per heavy atom. The van der Waals surface area contributed by atoms with E-state index in [4.69, 9.17) is 23.7 Å². The van der Waals surface area contributed by atoms with Crippen LogP contribution in [0.2, 0.25) is 0 Å². The summed E-state index contributed by atoms with van der Waals surface area (Å²) in [6.45, 7) is 14.9. The third kappa shape index (κ3) is 7.56. The Balaban J connectivity index is 0.00000248. The molecule has 4 rings (SSSR count). The smallest absolute Gasteiger partial charge is 0.325 e. The first-order valence-corrected chi connectivity index (χ1v) is 15.5. The second kappa shape index (κ2) is 16.2. The number of hydrogen-bond donors (Lipinski definition) is 0. The van der Waals surface area contributed by atoms with Crippen molar-refractivity contribution in [3.8, 4) is 11.5 Å². The molecule has 0 radical (unpaired) electrons. The van der Waals surface area contributed by atoms with Crippen LogP contribution < -0.4 is 9.47 Å². The average Bonchev–Trinajstić information content (AvgIpc) is 3.13. The predicted octanol–water partition coefficient (Wildman–Crippen LogP) is 5.58. The molecule has 1 aromatic carbocycles. The zero-order valence-electron chi connectivity index (χ0n) is 27.6. The number of ether oxygens (including phenoxy) is 5. The van der Waals surface area contributed by atoms with Gasteiger partial charge in [0.2, 0.25) is 0 Å². The number of carbonyl (C=O) groups excluding carboxylic acids is 1. The number of allylic oxidation sites excluding steroid dienone is 2. The summed E-state index contributed by atoms with van der Waals surface area (Å²) in [4.78, 5) is 20.7. The lowest BCUT2D eigenvalue weighted by atomic mass is 9.80. The molecule has 1 spiro atoms. The van der Waals surface area contributed by atoms with E-state index < -0.39 is 0 Å². The number of benzene rings is 1. The van der Waals surface area contributed by atoms with E-state index >= 15 is 0 Å². The van der Waals surface area contributed by atoms with Gasteiger partial charge in [-0.15, -0.1) is 0 Å². The fourth-order valence-electron chi connectivity index (χ4n) is 6.74. The zero-order chi connectivity index (χ0) is 31.6. The summed E-state index contributed by atoms with van der Waals surface area (Å²) in [5.41, 5.74) is 1.90. The number of rotatable bonds is 12. The highest BCUT2D eigenvalue weighted by Gasteiger charge is 2.56. The van der Waals surface area contributed by atoms with E-state index in [1.807, 2.05) is 24.8 Å². The molecule has 1 aromatic rings. The van der Waals surface area contributed by atoms with Gasteiger partial charge < -0.3 is 28.6 Å². The van der Waals surface area contributed by atoms with Gasteiger partial charge in [-0.25, -0.2) is 4.79 Å². The molecule has 3 aliphatic rings. The van der Waals surface area contributed by atoms with Gasteiger partial charge in [0.25, 0.3) is 0 Å². The van der Waals surface area contributed by atoms with Crippen molar-refractivity contribution in [2.75, 3.05) is 74.9 Å². The third-order valence-electron chi connectivity index (χ3n) is 8.98. The number of piperidine rings is 1. The topological polar surface area (TPSA) is 72.9 Å². The van der Waals surface area contributed by atoms with Gasteiger partial charge in [0.05, 0.1) is 40.1 Å². The van der Waals surface area contributed by atoms with Crippen LogP contribution >= 0.6 is 0 Å². The van der Waals surface area contributed by atoms with Crippen LogP contribution in [0.3, 0.4) is 0 Å². The van der Waals surface area contributed by atoms with Crippen LogP contribution in [-0.4, -0.2) is 101 Å². The number of hydrogen-bond acceptors (Lipinski definition) is 7. The summed E-state index contributed by atoms with van der Waals surface area (Å²) in [6, 6.07) is 6.08. The first-order valence-electron chi connectivity index (χ1n) is 15.5. The minimum atomic E-state index is -0.370. The standard InChI is InChI=1S/C32H47N3O6.C2H6/c1-8-26(39-5)18-25-21-34-30(15-23(2)29(25)22-38-4)32(35(31(34)36)13-14-37-3)9-11-33(12-10-32)20-24-16-27(40-6)19-28(17-24)41-7;1-2/h8,15-19,23,25,29H,1,9-14,20-22H2,2-7H3;1-2H3/b26-18+;. The molecule has 0 aromatic heterocycles. The predicted molar refractivity (Wildman–Crippen MR) is 170 cm³/mol. The maximum absolute atomic E-state index is 14.1. The number of methoxy groups -OCH3 is 5. The van der Waals surface area contributed by atoms with Crippen molar-refractivity contribution in [1.82, 2.24) is 14.7 Å². The van der Waals surface area contributed by atoms with Gasteiger partial charge in [-0.1, -0.05) is 33.4 Å². The van der Waals surface area contributed by atoms with Crippen molar-refractivity contribution in [2.45, 2.75) is 45.7 Å². The maximum Gasteiger partial charge on any atom is 0.325 e. The Kier molecular flexibility index (Phi) is 13.0. The summed E-state index contributed by atoms with van der Waals surface area (Å²) in [5, 5.41) is 0. The first kappa shape index (κ1) is 34.5. The van der Waals surface area contributed by atoms with E-state index in [9.17, 15) is 4.79 Å². The summed E-state index contributed by atoms with van der Waals surface area (Å²) >= 11 is 0. The molecule has 43 heavy (non-hydrogen) atoms. The molecule has 0 saturated carbocycles. The minimum absolute atomic E-state index is 0.0538. The first-order chi connectivity index (χ1) is 20.8. The van der Waals surface area contributed by atoms with Crippen molar-refractivity contribution < 1.29 is 28.5 Å². The largest absolute Gasteiger partial charge is 0.497 e. The van der Waals surface area contributed by atoms with Gasteiger partial charge in [-0.3, -0.25) is 9.80 Å². The molecule has 0 bridgehead atoms. The molecule has 2 saturated heterocycles. The number of amides is 2. The van der Waals surface area contributed by atoms with Crippen LogP contribution in [0.25, 0.3) is 0 Å². The quantitative estimate of drug-likeness (QED) is 0.230. The number of fused-ring (bicyclic) bond motifs is 2. The van der Waals surface area contributed by atoms with Gasteiger partial charge in [0.15, 0.2) is 0 Å². The Labute approximate surface area is 259 Å². The molecule has 2 amide bonds. The Morgan fingerprint density at radius 1 is 1.02 bits per heavy atom. The Bertz CT molecular complexity index is 1100. The van der Waals surface area contributed by atoms with Crippen molar-refractivity contribution in [1.29, 1.82) is 0 Å². The number of carbonyl (C=O) groups is 1. The van der Waals surface area contributed by atoms with Crippen LogP contribution in [-0.2, 0) is 20.8 Å².